The third-order valence-electron chi connectivity index (χ3n) is 29.8. The Morgan fingerprint density at radius 3 is 0.714 bits per heavy atom. The predicted octanol–water partition coefficient (Wildman–Crippen LogP) is 16.3. The molecule has 0 radical (unpaired) electrons. The number of nitrogens with zero attached hydrogens (tertiary/aromatic N) is 12. The summed E-state index contributed by atoms with van der Waals surface area (Å²) in [7, 11) is 0. The number of aliphatic hydroxyl groups is 4. The van der Waals surface area contributed by atoms with Crippen molar-refractivity contribution in [2.24, 2.45) is 11.8 Å². The molecule has 0 spiro atoms. The quantitative estimate of drug-likeness (QED) is 0.0199. The number of pyridine rings is 4. The summed E-state index contributed by atoms with van der Waals surface area (Å²) < 4.78 is 0. The van der Waals surface area contributed by atoms with Gasteiger partial charge < -0.3 is 82.6 Å². The van der Waals surface area contributed by atoms with Crippen LogP contribution in [0.4, 0.5) is 23.3 Å². The van der Waals surface area contributed by atoms with E-state index in [0.717, 1.165) is 196 Å². The third-order valence-corrected chi connectivity index (χ3v) is 34.2. The van der Waals surface area contributed by atoms with E-state index < -0.39 is 22.4 Å². The van der Waals surface area contributed by atoms with E-state index in [1.165, 1.54) is 96.7 Å². The predicted molar refractivity (Wildman–Crippen MR) is 547 cm³/mol. The zero-order valence-corrected chi connectivity index (χ0v) is 86.6. The van der Waals surface area contributed by atoms with Crippen LogP contribution in [0.2, 0.25) is 0 Å². The highest BCUT2D eigenvalue weighted by atomic mass is 32.1. The maximum absolute atomic E-state index is 13.7. The van der Waals surface area contributed by atoms with Crippen molar-refractivity contribution in [3.8, 4) is 41.8 Å². The van der Waals surface area contributed by atoms with E-state index in [4.69, 9.17) is 0 Å². The molecule has 12 aliphatic rings. The first kappa shape index (κ1) is 101. The topological polar surface area (TPSA) is 430 Å². The largest absolute Gasteiger partial charge is 0.389 e. The minimum absolute atomic E-state index is 0.0876. The highest BCUT2D eigenvalue weighted by molar-refractivity contribution is 7.18. The Bertz CT molecular complexity index is 5170. The molecular formula is C104H140N20O12S4. The van der Waals surface area contributed by atoms with Crippen LogP contribution in [0.1, 0.15) is 352 Å². The number of amides is 8. The highest BCUT2D eigenvalue weighted by Gasteiger charge is 2.49. The van der Waals surface area contributed by atoms with Crippen molar-refractivity contribution < 1.29 is 58.8 Å². The number of hydrogen-bond acceptors (Lipinski definition) is 28. The smallest absolute Gasteiger partial charge is 0.280 e. The van der Waals surface area contributed by atoms with E-state index in [-0.39, 0.29) is 142 Å². The normalized spacial score (nSPS) is 22.2. The molecule has 12 N–H and O–H groups in total. The van der Waals surface area contributed by atoms with Gasteiger partial charge in [0.2, 0.25) is 0 Å². The molecule has 8 saturated heterocycles. The molecule has 20 rings (SSSR count). The second kappa shape index (κ2) is 42.1. The first-order valence-electron chi connectivity index (χ1n) is 50.9. The van der Waals surface area contributed by atoms with Crippen LogP contribution in [0.3, 0.4) is 0 Å². The molecule has 8 aliphatic heterocycles. The summed E-state index contributed by atoms with van der Waals surface area (Å²) in [5.41, 5.74) is 4.44. The number of nitrogens with one attached hydrogen (secondary N) is 8. The summed E-state index contributed by atoms with van der Waals surface area (Å²) in [6.45, 7) is 25.9. The molecule has 12 fully saturated rings. The second-order valence-electron chi connectivity index (χ2n) is 43.8. The zero-order chi connectivity index (χ0) is 99.3. The van der Waals surface area contributed by atoms with E-state index in [0.29, 0.717) is 78.3 Å². The van der Waals surface area contributed by atoms with Crippen molar-refractivity contribution in [1.29, 1.82) is 0 Å². The van der Waals surface area contributed by atoms with Crippen LogP contribution in [-0.4, -0.2) is 248 Å². The van der Waals surface area contributed by atoms with E-state index in [1.54, 1.807) is 80.2 Å². The molecular weight excluding hydrogens is 1850 g/mol. The Balaban J connectivity index is 0.000000129. The monoisotopic (exact) mass is 1990 g/mol. The standard InChI is InChI=1S/4C26H35N5O3S/c2*1-14-11-20(29-15(2)16-5-6-16)27-12-19(14)22-21(25(33)31-17-7-8-18(31)10-9-17)30-24(35-22)23(32)28-13-26(3,4)34;2*1-15-12-20(29-16-6-4-5-7-16)27-13-19(15)22-21(25(33)31-17-8-9-18(31)11-10-17)30-24(35-22)23(32)28-14-26(2,3)34/h2*11-12,15-18,34H,5-10,13H2,1-4H3,(H,27,29)(H,28,32);2*12-13,16-18,34H,4-11,14H2,1-3H3,(H,27,29)(H,28,32)/t2*15-,17?,18?;;/m00../s1. The van der Waals surface area contributed by atoms with Gasteiger partial charge in [-0.05, 0) is 309 Å². The molecule has 4 saturated carbocycles. The van der Waals surface area contributed by atoms with Gasteiger partial charge in [0.15, 0.2) is 20.0 Å². The Morgan fingerprint density at radius 2 is 0.521 bits per heavy atom. The fraction of sp³-hybridized carbons (Fsp3) is 0.615. The van der Waals surface area contributed by atoms with Gasteiger partial charge in [0.1, 0.15) is 46.0 Å². The molecule has 8 aromatic rings. The van der Waals surface area contributed by atoms with Crippen molar-refractivity contribution >= 4 is 116 Å². The molecule has 2 atom stereocenters. The minimum atomic E-state index is -1.04. The Hall–Kier alpha value is -10.1. The number of rotatable bonds is 30. The van der Waals surface area contributed by atoms with Gasteiger partial charge in [0.05, 0.1) is 41.9 Å². The van der Waals surface area contributed by atoms with Crippen molar-refractivity contribution in [3.63, 3.8) is 0 Å². The van der Waals surface area contributed by atoms with Crippen molar-refractivity contribution in [2.75, 3.05) is 47.4 Å². The molecule has 36 heteroatoms. The first-order chi connectivity index (χ1) is 66.6. The molecule has 140 heavy (non-hydrogen) atoms. The number of anilines is 4. The number of aryl methyl sites for hydroxylation is 4. The summed E-state index contributed by atoms with van der Waals surface area (Å²) in [4.78, 5) is 154. The fourth-order valence-corrected chi connectivity index (χ4v) is 26.1. The number of fused-ring (bicyclic) bond motifs is 8. The zero-order valence-electron chi connectivity index (χ0n) is 83.4. The lowest BCUT2D eigenvalue weighted by atomic mass is 10.0. The van der Waals surface area contributed by atoms with Gasteiger partial charge in [-0.3, -0.25) is 38.4 Å². The average Bonchev–Trinajstić information content (AvgIpc) is 1.62. The fourth-order valence-electron chi connectivity index (χ4n) is 21.9. The lowest BCUT2D eigenvalue weighted by molar-refractivity contribution is 0.0691. The van der Waals surface area contributed by atoms with Gasteiger partial charge in [-0.25, -0.2) is 39.9 Å². The molecule has 32 nitrogen and oxygen atoms in total. The third kappa shape index (κ3) is 23.9. The highest BCUT2D eigenvalue weighted by Crippen LogP contribution is 2.48. The number of thiazole rings is 4. The van der Waals surface area contributed by atoms with Crippen molar-refractivity contribution in [2.45, 2.75) is 372 Å². The SMILES string of the molecule is Cc1cc(NC2CCCC2)ncc1-c1sc(C(=O)NCC(C)(C)O)nc1C(=O)N1C2CCC1CC2.Cc1cc(NC2CCCC2)ncc1-c1sc(C(=O)NCC(C)(C)O)nc1C(=O)N1C2CCC1CC2.Cc1cc(N[C@@H](C)C2CC2)ncc1-c1sc(C(=O)NCC(C)(C)O)nc1C(=O)N1C2CCC1CC2.Cc1cc(N[C@@H](C)C2CC2)ncc1-c1sc(C(=O)NCC(C)(C)O)nc1C(=O)N1C2CCC1CC2. The van der Waals surface area contributed by atoms with Gasteiger partial charge in [0, 0.05) is 146 Å². The summed E-state index contributed by atoms with van der Waals surface area (Å²) in [5, 5.41) is 65.9. The average molecular weight is 1990 g/mol. The number of carbonyl (C=O) groups excluding carboxylic acids is 8. The van der Waals surface area contributed by atoms with Crippen molar-refractivity contribution in [3.05, 3.63) is 114 Å². The summed E-state index contributed by atoms with van der Waals surface area (Å²) in [6.07, 6.45) is 38.5. The molecule has 752 valence electrons. The van der Waals surface area contributed by atoms with Crippen LogP contribution in [0.15, 0.2) is 49.1 Å². The van der Waals surface area contributed by atoms with Crippen LogP contribution >= 0.6 is 45.3 Å². The molecule has 16 heterocycles. The molecule has 0 unspecified atom stereocenters. The first-order valence-corrected chi connectivity index (χ1v) is 54.2. The summed E-state index contributed by atoms with van der Waals surface area (Å²) in [5.74, 6) is 2.86. The van der Waals surface area contributed by atoms with Gasteiger partial charge in [-0.15, -0.1) is 45.3 Å². The van der Waals surface area contributed by atoms with Crippen LogP contribution in [0.25, 0.3) is 41.8 Å². The van der Waals surface area contributed by atoms with Gasteiger partial charge in [-0.1, -0.05) is 25.7 Å². The maximum Gasteiger partial charge on any atom is 0.280 e. The van der Waals surface area contributed by atoms with Crippen LogP contribution in [0, 0.1) is 39.5 Å². The van der Waals surface area contributed by atoms with Crippen LogP contribution < -0.4 is 42.5 Å². The van der Waals surface area contributed by atoms with Crippen LogP contribution in [-0.2, 0) is 0 Å². The van der Waals surface area contributed by atoms with Gasteiger partial charge >= 0.3 is 0 Å². The molecule has 8 bridgehead atoms. The van der Waals surface area contributed by atoms with E-state index in [2.05, 4.69) is 96.3 Å². The Kier molecular flexibility index (Phi) is 30.5. The number of hydrogen-bond donors (Lipinski definition) is 12. The number of carbonyl (C=O) groups is 8. The minimum Gasteiger partial charge on any atom is -0.389 e. The Morgan fingerprint density at radius 1 is 0.321 bits per heavy atom. The summed E-state index contributed by atoms with van der Waals surface area (Å²) in [6, 6.07) is 11.9. The van der Waals surface area contributed by atoms with E-state index in [1.807, 2.05) is 71.6 Å². The summed E-state index contributed by atoms with van der Waals surface area (Å²) >= 11 is 4.88. The lowest BCUT2D eigenvalue weighted by Crippen LogP contribution is -2.38. The van der Waals surface area contributed by atoms with Gasteiger partial charge in [-0.2, -0.15) is 0 Å². The van der Waals surface area contributed by atoms with Crippen LogP contribution in [0.5, 0.6) is 0 Å². The Labute approximate surface area is 836 Å². The van der Waals surface area contributed by atoms with E-state index in [9.17, 15) is 58.8 Å². The van der Waals surface area contributed by atoms with Crippen molar-refractivity contribution in [1.82, 2.24) is 80.7 Å². The lowest BCUT2D eigenvalue weighted by Gasteiger charge is -2.21. The second-order valence-corrected chi connectivity index (χ2v) is 47.8. The number of aromatic nitrogens is 8. The molecule has 4 aliphatic carbocycles. The van der Waals surface area contributed by atoms with Gasteiger partial charge in [0.25, 0.3) is 47.3 Å². The molecule has 0 aromatic carbocycles. The molecule has 8 amide bonds. The molecule has 8 aromatic heterocycles. The van der Waals surface area contributed by atoms with E-state index >= 15 is 0 Å². The maximum atomic E-state index is 13.7.